The Morgan fingerprint density at radius 1 is 1.00 bits per heavy atom. The monoisotopic (exact) mass is 404 g/mol. The second-order valence-corrected chi connectivity index (χ2v) is 6.64. The maximum atomic E-state index is 4.64. The first kappa shape index (κ1) is 14.5. The summed E-state index contributed by atoms with van der Waals surface area (Å²) in [6.45, 7) is 2.78. The van der Waals surface area contributed by atoms with E-state index in [9.17, 15) is 0 Å². The molecule has 21 heavy (non-hydrogen) atoms. The van der Waals surface area contributed by atoms with Gasteiger partial charge in [-0.3, -0.25) is 4.98 Å². The summed E-state index contributed by atoms with van der Waals surface area (Å²) in [5.74, 6) is 0. The van der Waals surface area contributed by atoms with Gasteiger partial charge < -0.3 is 5.32 Å². The minimum absolute atomic E-state index is 0.764. The zero-order valence-corrected chi connectivity index (χ0v) is 14.7. The Morgan fingerprint density at radius 3 is 2.67 bits per heavy atom. The normalized spacial score (nSPS) is 10.8. The highest BCUT2D eigenvalue weighted by atomic mass is 79.9. The van der Waals surface area contributed by atoms with Gasteiger partial charge in [0, 0.05) is 26.6 Å². The predicted octanol–water partition coefficient (Wildman–Crippen LogP) is 5.68. The first-order valence-corrected chi connectivity index (χ1v) is 8.26. The van der Waals surface area contributed by atoms with E-state index in [0.29, 0.717) is 0 Å². The van der Waals surface area contributed by atoms with Gasteiger partial charge in [-0.2, -0.15) is 0 Å². The number of hydrogen-bond donors (Lipinski definition) is 1. The van der Waals surface area contributed by atoms with E-state index >= 15 is 0 Å². The Bertz CT molecular complexity index is 800. The Morgan fingerprint density at radius 2 is 1.86 bits per heavy atom. The average Bonchev–Trinajstić information content (AvgIpc) is 2.48. The van der Waals surface area contributed by atoms with E-state index in [2.05, 4.69) is 78.6 Å². The van der Waals surface area contributed by atoms with Crippen LogP contribution in [0, 0.1) is 6.92 Å². The molecule has 0 aliphatic rings. The van der Waals surface area contributed by atoms with E-state index in [1.165, 1.54) is 5.56 Å². The number of para-hydroxylation sites is 1. The molecule has 2 aromatic carbocycles. The van der Waals surface area contributed by atoms with Crippen LogP contribution in [0.1, 0.15) is 11.3 Å². The summed E-state index contributed by atoms with van der Waals surface area (Å²) in [5.41, 5.74) is 4.33. The molecule has 0 aliphatic heterocycles. The molecule has 0 spiro atoms. The number of rotatable bonds is 3. The van der Waals surface area contributed by atoms with Crippen molar-refractivity contribution in [2.24, 2.45) is 0 Å². The van der Waals surface area contributed by atoms with Gasteiger partial charge in [0.25, 0.3) is 0 Å². The average molecular weight is 406 g/mol. The van der Waals surface area contributed by atoms with Crippen molar-refractivity contribution in [1.82, 2.24) is 4.98 Å². The molecule has 0 amide bonds. The fourth-order valence-corrected chi connectivity index (χ4v) is 2.91. The van der Waals surface area contributed by atoms with Crippen molar-refractivity contribution in [3.05, 3.63) is 68.7 Å². The number of nitrogens with zero attached hydrogens (tertiary/aromatic N) is 1. The molecule has 0 unspecified atom stereocenters. The maximum absolute atomic E-state index is 4.64. The van der Waals surface area contributed by atoms with E-state index < -0.39 is 0 Å². The van der Waals surface area contributed by atoms with E-state index in [1.54, 1.807) is 0 Å². The van der Waals surface area contributed by atoms with Crippen molar-refractivity contribution >= 4 is 48.5 Å². The molecule has 0 radical (unpaired) electrons. The molecule has 1 N–H and O–H groups in total. The topological polar surface area (TPSA) is 24.9 Å². The van der Waals surface area contributed by atoms with Crippen molar-refractivity contribution in [3.63, 3.8) is 0 Å². The maximum Gasteiger partial charge on any atom is 0.0936 e. The number of benzene rings is 2. The van der Waals surface area contributed by atoms with Crippen LogP contribution in [-0.4, -0.2) is 4.98 Å². The third-order valence-corrected chi connectivity index (χ3v) is 5.21. The molecule has 3 rings (SSSR count). The van der Waals surface area contributed by atoms with Crippen LogP contribution in [0.15, 0.2) is 57.5 Å². The van der Waals surface area contributed by atoms with Gasteiger partial charge in [0.05, 0.1) is 11.2 Å². The number of hydrogen-bond acceptors (Lipinski definition) is 2. The quantitative estimate of drug-likeness (QED) is 0.606. The van der Waals surface area contributed by atoms with Crippen LogP contribution in [-0.2, 0) is 6.54 Å². The van der Waals surface area contributed by atoms with Crippen molar-refractivity contribution < 1.29 is 0 Å². The lowest BCUT2D eigenvalue weighted by atomic mass is 10.1. The largest absolute Gasteiger partial charge is 0.379 e. The molecule has 0 aliphatic carbocycles. The van der Waals surface area contributed by atoms with Crippen molar-refractivity contribution in [2.75, 3.05) is 5.32 Å². The lowest BCUT2D eigenvalue weighted by molar-refractivity contribution is 1.14. The minimum Gasteiger partial charge on any atom is -0.379 e. The fourth-order valence-electron chi connectivity index (χ4n) is 2.23. The number of halogens is 2. The molecule has 0 atom stereocenters. The van der Waals surface area contributed by atoms with Crippen LogP contribution < -0.4 is 5.32 Å². The zero-order chi connectivity index (χ0) is 14.8. The van der Waals surface area contributed by atoms with Gasteiger partial charge in [0.2, 0.25) is 0 Å². The van der Waals surface area contributed by atoms with E-state index in [4.69, 9.17) is 0 Å². The molecule has 0 saturated carbocycles. The first-order chi connectivity index (χ1) is 10.1. The smallest absolute Gasteiger partial charge is 0.0936 e. The molecule has 3 aromatic rings. The number of aromatic nitrogens is 1. The molecular formula is C17H14Br2N2. The molecule has 0 fully saturated rings. The van der Waals surface area contributed by atoms with Crippen LogP contribution >= 0.6 is 31.9 Å². The summed E-state index contributed by atoms with van der Waals surface area (Å²) >= 11 is 7.02. The first-order valence-electron chi connectivity index (χ1n) is 6.68. The second kappa shape index (κ2) is 6.16. The molecule has 106 valence electrons. The van der Waals surface area contributed by atoms with Gasteiger partial charge in [0.1, 0.15) is 0 Å². The second-order valence-electron chi connectivity index (χ2n) is 4.93. The van der Waals surface area contributed by atoms with Crippen LogP contribution in [0.5, 0.6) is 0 Å². The summed E-state index contributed by atoms with van der Waals surface area (Å²) in [7, 11) is 0. The molecular weight excluding hydrogens is 392 g/mol. The van der Waals surface area contributed by atoms with Crippen molar-refractivity contribution in [2.45, 2.75) is 13.5 Å². The van der Waals surface area contributed by atoms with Gasteiger partial charge in [0.15, 0.2) is 0 Å². The zero-order valence-electron chi connectivity index (χ0n) is 11.5. The van der Waals surface area contributed by atoms with Crippen molar-refractivity contribution in [3.8, 4) is 0 Å². The van der Waals surface area contributed by atoms with Gasteiger partial charge in [-0.25, -0.2) is 0 Å². The lowest BCUT2D eigenvalue weighted by Gasteiger charge is -2.10. The highest BCUT2D eigenvalue weighted by molar-refractivity contribution is 9.13. The SMILES string of the molecule is Cc1ccc2cccc(NCc3ccc(Br)c(Br)c3)c2n1. The highest BCUT2D eigenvalue weighted by Crippen LogP contribution is 2.25. The Hall–Kier alpha value is -1.39. The van der Waals surface area contributed by atoms with Crippen LogP contribution in [0.3, 0.4) is 0 Å². The van der Waals surface area contributed by atoms with Gasteiger partial charge >= 0.3 is 0 Å². The molecule has 1 heterocycles. The summed E-state index contributed by atoms with van der Waals surface area (Å²) in [6.07, 6.45) is 0. The van der Waals surface area contributed by atoms with Gasteiger partial charge in [-0.15, -0.1) is 0 Å². The molecule has 4 heteroatoms. The fraction of sp³-hybridized carbons (Fsp3) is 0.118. The van der Waals surface area contributed by atoms with Crippen LogP contribution in [0.25, 0.3) is 10.9 Å². The number of pyridine rings is 1. The van der Waals surface area contributed by atoms with Crippen LogP contribution in [0.2, 0.25) is 0 Å². The molecule has 0 bridgehead atoms. The standard InChI is InChI=1S/C17H14Br2N2/c1-11-5-7-13-3-2-4-16(17(13)21-11)20-10-12-6-8-14(18)15(19)9-12/h2-9,20H,10H2,1H3. The number of aryl methyl sites for hydroxylation is 1. The van der Waals surface area contributed by atoms with Crippen molar-refractivity contribution in [1.29, 1.82) is 0 Å². The van der Waals surface area contributed by atoms with E-state index in [-0.39, 0.29) is 0 Å². The molecule has 1 aromatic heterocycles. The number of fused-ring (bicyclic) bond motifs is 1. The Balaban J connectivity index is 1.88. The number of anilines is 1. The van der Waals surface area contributed by atoms with Gasteiger partial charge in [-0.05, 0) is 68.6 Å². The Labute approximate surface area is 140 Å². The van der Waals surface area contributed by atoms with E-state index in [1.807, 2.05) is 19.1 Å². The molecule has 0 saturated heterocycles. The molecule has 2 nitrogen and oxygen atoms in total. The van der Waals surface area contributed by atoms with E-state index in [0.717, 1.165) is 37.8 Å². The highest BCUT2D eigenvalue weighted by Gasteiger charge is 2.04. The summed E-state index contributed by atoms with van der Waals surface area (Å²) in [5, 5.41) is 4.63. The predicted molar refractivity (Wildman–Crippen MR) is 95.6 cm³/mol. The third-order valence-electron chi connectivity index (χ3n) is 3.33. The summed E-state index contributed by atoms with van der Waals surface area (Å²) in [4.78, 5) is 4.64. The summed E-state index contributed by atoms with van der Waals surface area (Å²) in [6, 6.07) is 16.6. The number of nitrogens with one attached hydrogen (secondary N) is 1. The third kappa shape index (κ3) is 3.27. The van der Waals surface area contributed by atoms with Gasteiger partial charge in [-0.1, -0.05) is 24.3 Å². The summed E-state index contributed by atoms with van der Waals surface area (Å²) < 4.78 is 2.13. The Kier molecular flexibility index (Phi) is 4.27. The van der Waals surface area contributed by atoms with Crippen LogP contribution in [0.4, 0.5) is 5.69 Å². The minimum atomic E-state index is 0.764. The lowest BCUT2D eigenvalue weighted by Crippen LogP contribution is -2.01.